The van der Waals surface area contributed by atoms with Crippen molar-refractivity contribution in [3.63, 3.8) is 0 Å². The van der Waals surface area contributed by atoms with E-state index < -0.39 is 0 Å². The molecule has 0 amide bonds. The zero-order valence-corrected chi connectivity index (χ0v) is 12.8. The summed E-state index contributed by atoms with van der Waals surface area (Å²) < 4.78 is 6.23. The fourth-order valence-corrected chi connectivity index (χ4v) is 3.62. The van der Waals surface area contributed by atoms with Crippen LogP contribution in [-0.4, -0.2) is 35.8 Å². The first-order valence-electron chi connectivity index (χ1n) is 8.43. The number of hydrogen-bond donors (Lipinski definition) is 1. The quantitative estimate of drug-likeness (QED) is 0.903. The normalized spacial score (nSPS) is 24.3. The lowest BCUT2D eigenvalue weighted by atomic mass is 9.98. The minimum Gasteiger partial charge on any atom is -0.490 e. The maximum absolute atomic E-state index is 9.37. The van der Waals surface area contributed by atoms with Gasteiger partial charge in [0.2, 0.25) is 0 Å². The third kappa shape index (κ3) is 3.98. The Labute approximate surface area is 127 Å². The van der Waals surface area contributed by atoms with Gasteiger partial charge in [-0.25, -0.2) is 0 Å². The van der Waals surface area contributed by atoms with Gasteiger partial charge < -0.3 is 9.84 Å². The first-order chi connectivity index (χ1) is 10.3. The summed E-state index contributed by atoms with van der Waals surface area (Å²) in [4.78, 5) is 2.46. The number of ether oxygens (including phenoxy) is 1. The Hall–Kier alpha value is -1.06. The molecule has 0 aromatic heterocycles. The number of likely N-dealkylation sites (tertiary alicyclic amines) is 1. The van der Waals surface area contributed by atoms with Crippen LogP contribution in [0.4, 0.5) is 0 Å². The Morgan fingerprint density at radius 3 is 2.71 bits per heavy atom. The number of para-hydroxylation sites is 1. The SMILES string of the molecule is OCC1CCCN(Cc2ccccc2OC2CCCC2)C1. The minimum atomic E-state index is 0.316. The van der Waals surface area contributed by atoms with Gasteiger partial charge in [-0.2, -0.15) is 0 Å². The van der Waals surface area contributed by atoms with Crippen molar-refractivity contribution in [2.24, 2.45) is 5.92 Å². The molecule has 0 bridgehead atoms. The maximum atomic E-state index is 9.37. The van der Waals surface area contributed by atoms with E-state index in [9.17, 15) is 5.11 Å². The number of rotatable bonds is 5. The molecule has 1 atom stereocenters. The summed E-state index contributed by atoms with van der Waals surface area (Å²) in [5.74, 6) is 1.51. The lowest BCUT2D eigenvalue weighted by Gasteiger charge is -2.32. The van der Waals surface area contributed by atoms with E-state index in [-0.39, 0.29) is 0 Å². The molecular formula is C18H27NO2. The molecule has 0 radical (unpaired) electrons. The number of nitrogens with zero attached hydrogens (tertiary/aromatic N) is 1. The van der Waals surface area contributed by atoms with Crippen LogP contribution in [0.25, 0.3) is 0 Å². The zero-order valence-electron chi connectivity index (χ0n) is 12.8. The smallest absolute Gasteiger partial charge is 0.124 e. The van der Waals surface area contributed by atoms with E-state index in [4.69, 9.17) is 4.74 Å². The highest BCUT2D eigenvalue weighted by atomic mass is 16.5. The summed E-state index contributed by atoms with van der Waals surface area (Å²) >= 11 is 0. The van der Waals surface area contributed by atoms with E-state index in [1.165, 1.54) is 37.7 Å². The Morgan fingerprint density at radius 1 is 1.10 bits per heavy atom. The van der Waals surface area contributed by atoms with Gasteiger partial charge in [-0.05, 0) is 57.1 Å². The Morgan fingerprint density at radius 2 is 1.90 bits per heavy atom. The molecule has 3 heteroatoms. The molecule has 1 aliphatic heterocycles. The molecule has 1 N–H and O–H groups in total. The second-order valence-corrected chi connectivity index (χ2v) is 6.56. The fraction of sp³-hybridized carbons (Fsp3) is 0.667. The van der Waals surface area contributed by atoms with E-state index in [1.54, 1.807) is 0 Å². The van der Waals surface area contributed by atoms with Crippen LogP contribution < -0.4 is 4.74 Å². The van der Waals surface area contributed by atoms with Crippen molar-refractivity contribution >= 4 is 0 Å². The highest BCUT2D eigenvalue weighted by Gasteiger charge is 2.21. The average molecular weight is 289 g/mol. The van der Waals surface area contributed by atoms with Crippen LogP contribution in [-0.2, 0) is 6.54 Å². The number of piperidine rings is 1. The third-order valence-electron chi connectivity index (χ3n) is 4.82. The van der Waals surface area contributed by atoms with Gasteiger partial charge in [0.1, 0.15) is 5.75 Å². The van der Waals surface area contributed by atoms with E-state index in [0.29, 0.717) is 18.6 Å². The van der Waals surface area contributed by atoms with Crippen molar-refractivity contribution in [3.8, 4) is 5.75 Å². The van der Waals surface area contributed by atoms with Gasteiger partial charge in [0.15, 0.2) is 0 Å². The monoisotopic (exact) mass is 289 g/mol. The Kier molecular flexibility index (Phi) is 5.15. The lowest BCUT2D eigenvalue weighted by Crippen LogP contribution is -2.36. The number of hydrogen-bond acceptors (Lipinski definition) is 3. The van der Waals surface area contributed by atoms with Gasteiger partial charge in [0.05, 0.1) is 6.10 Å². The second-order valence-electron chi connectivity index (χ2n) is 6.56. The highest BCUT2D eigenvalue weighted by Crippen LogP contribution is 2.28. The summed E-state index contributed by atoms with van der Waals surface area (Å²) in [6, 6.07) is 8.47. The van der Waals surface area contributed by atoms with Crippen molar-refractivity contribution in [2.75, 3.05) is 19.7 Å². The molecule has 1 aliphatic carbocycles. The van der Waals surface area contributed by atoms with Gasteiger partial charge in [0.25, 0.3) is 0 Å². The van der Waals surface area contributed by atoms with E-state index in [2.05, 4.69) is 29.2 Å². The average Bonchev–Trinajstić information content (AvgIpc) is 3.02. The summed E-state index contributed by atoms with van der Waals surface area (Å²) in [6.07, 6.45) is 7.77. The minimum absolute atomic E-state index is 0.316. The highest BCUT2D eigenvalue weighted by molar-refractivity contribution is 5.33. The molecule has 3 rings (SSSR count). The lowest BCUT2D eigenvalue weighted by molar-refractivity contribution is 0.114. The fourth-order valence-electron chi connectivity index (χ4n) is 3.62. The van der Waals surface area contributed by atoms with Crippen LogP contribution in [0.2, 0.25) is 0 Å². The van der Waals surface area contributed by atoms with Gasteiger partial charge in [-0.15, -0.1) is 0 Å². The first kappa shape index (κ1) is 14.9. The van der Waals surface area contributed by atoms with E-state index >= 15 is 0 Å². The first-order valence-corrected chi connectivity index (χ1v) is 8.43. The molecule has 3 nitrogen and oxygen atoms in total. The summed E-state index contributed by atoms with van der Waals surface area (Å²) in [7, 11) is 0. The van der Waals surface area contributed by atoms with Crippen LogP contribution in [0.1, 0.15) is 44.1 Å². The molecule has 1 aromatic carbocycles. The molecule has 116 valence electrons. The van der Waals surface area contributed by atoms with Crippen molar-refractivity contribution in [3.05, 3.63) is 29.8 Å². The van der Waals surface area contributed by atoms with Gasteiger partial charge in [0, 0.05) is 25.3 Å². The van der Waals surface area contributed by atoms with Gasteiger partial charge in [-0.1, -0.05) is 18.2 Å². The van der Waals surface area contributed by atoms with Crippen LogP contribution in [0.5, 0.6) is 5.75 Å². The Balaban J connectivity index is 1.64. The molecule has 2 fully saturated rings. The summed E-state index contributed by atoms with van der Waals surface area (Å²) in [6.45, 7) is 3.40. The number of aliphatic hydroxyl groups excluding tert-OH is 1. The molecule has 0 spiro atoms. The molecule has 1 aromatic rings. The van der Waals surface area contributed by atoms with Crippen LogP contribution >= 0.6 is 0 Å². The second kappa shape index (κ2) is 7.28. The van der Waals surface area contributed by atoms with Crippen molar-refractivity contribution < 1.29 is 9.84 Å². The van der Waals surface area contributed by atoms with Crippen molar-refractivity contribution in [1.82, 2.24) is 4.90 Å². The predicted octanol–water partition coefficient (Wildman–Crippen LogP) is 3.21. The maximum Gasteiger partial charge on any atom is 0.124 e. The molecular weight excluding hydrogens is 262 g/mol. The Bertz CT molecular complexity index is 443. The third-order valence-corrected chi connectivity index (χ3v) is 4.82. The van der Waals surface area contributed by atoms with Crippen LogP contribution in [0, 0.1) is 5.92 Å². The predicted molar refractivity (Wildman–Crippen MR) is 84.4 cm³/mol. The van der Waals surface area contributed by atoms with E-state index in [1.807, 2.05) is 0 Å². The van der Waals surface area contributed by atoms with Crippen LogP contribution in [0.15, 0.2) is 24.3 Å². The van der Waals surface area contributed by atoms with Crippen molar-refractivity contribution in [2.45, 2.75) is 51.2 Å². The van der Waals surface area contributed by atoms with Gasteiger partial charge >= 0.3 is 0 Å². The molecule has 1 saturated carbocycles. The topological polar surface area (TPSA) is 32.7 Å². The summed E-state index contributed by atoms with van der Waals surface area (Å²) in [5.41, 5.74) is 1.29. The molecule has 21 heavy (non-hydrogen) atoms. The standard InChI is InChI=1S/C18H27NO2/c20-14-15-6-5-11-19(12-15)13-16-7-1-4-10-18(16)21-17-8-2-3-9-17/h1,4,7,10,15,17,20H,2-3,5-6,8-9,11-14H2. The zero-order chi connectivity index (χ0) is 14.5. The molecule has 1 saturated heterocycles. The number of aliphatic hydroxyl groups is 1. The van der Waals surface area contributed by atoms with Crippen LogP contribution in [0.3, 0.4) is 0 Å². The molecule has 1 unspecified atom stereocenters. The van der Waals surface area contributed by atoms with E-state index in [0.717, 1.165) is 31.8 Å². The number of benzene rings is 1. The van der Waals surface area contributed by atoms with Crippen molar-refractivity contribution in [1.29, 1.82) is 0 Å². The summed E-state index contributed by atoms with van der Waals surface area (Å²) in [5, 5.41) is 9.37. The molecule has 2 aliphatic rings. The molecule has 1 heterocycles. The van der Waals surface area contributed by atoms with Gasteiger partial charge in [-0.3, -0.25) is 4.90 Å². The largest absolute Gasteiger partial charge is 0.490 e.